The van der Waals surface area contributed by atoms with Gasteiger partial charge < -0.3 is 20.6 Å². The van der Waals surface area contributed by atoms with Gasteiger partial charge in [-0.1, -0.05) is 17.7 Å². The summed E-state index contributed by atoms with van der Waals surface area (Å²) in [6, 6.07) is 9.19. The predicted molar refractivity (Wildman–Crippen MR) is 95.0 cm³/mol. The summed E-state index contributed by atoms with van der Waals surface area (Å²) in [5, 5.41) is 15.2. The number of nitrogens with zero attached hydrogens (tertiary/aromatic N) is 1. The molecule has 0 aromatic heterocycles. The van der Waals surface area contributed by atoms with Crippen LogP contribution in [0.15, 0.2) is 36.4 Å². The lowest BCUT2D eigenvalue weighted by Gasteiger charge is -2.13. The Morgan fingerprint density at radius 1 is 1.08 bits per heavy atom. The van der Waals surface area contributed by atoms with Gasteiger partial charge in [0.05, 0.1) is 16.3 Å². The van der Waals surface area contributed by atoms with Crippen molar-refractivity contribution in [3.8, 4) is 5.75 Å². The van der Waals surface area contributed by atoms with Crippen molar-refractivity contribution in [1.29, 1.82) is 0 Å². The van der Waals surface area contributed by atoms with Crippen LogP contribution in [0.25, 0.3) is 0 Å². The van der Waals surface area contributed by atoms with Crippen molar-refractivity contribution < 1.29 is 14.7 Å². The van der Waals surface area contributed by atoms with Crippen LogP contribution in [0.4, 0.5) is 16.2 Å². The van der Waals surface area contributed by atoms with Gasteiger partial charge in [0.2, 0.25) is 0 Å². The van der Waals surface area contributed by atoms with Gasteiger partial charge in [-0.25, -0.2) is 4.79 Å². The molecule has 0 aliphatic rings. The molecule has 0 saturated heterocycles. The summed E-state index contributed by atoms with van der Waals surface area (Å²) in [5.74, 6) is -0.480. The third kappa shape index (κ3) is 4.17. The maximum atomic E-state index is 12.3. The maximum absolute atomic E-state index is 12.3. The van der Waals surface area contributed by atoms with E-state index in [4.69, 9.17) is 11.6 Å². The average Bonchev–Trinajstić information content (AvgIpc) is 2.50. The quantitative estimate of drug-likeness (QED) is 0.740. The highest BCUT2D eigenvalue weighted by atomic mass is 35.5. The molecule has 0 saturated carbocycles. The topological polar surface area (TPSA) is 81.7 Å². The molecule has 0 radical (unpaired) electrons. The van der Waals surface area contributed by atoms with Crippen LogP contribution in [-0.2, 0) is 0 Å². The summed E-state index contributed by atoms with van der Waals surface area (Å²) in [6.45, 7) is 1.85. The fraction of sp³-hybridized carbons (Fsp3) is 0.176. The number of carbonyl (C=O) groups excluding carboxylic acids is 2. The number of carbonyl (C=O) groups is 2. The zero-order valence-electron chi connectivity index (χ0n) is 13.6. The van der Waals surface area contributed by atoms with Crippen LogP contribution in [0.3, 0.4) is 0 Å². The van der Waals surface area contributed by atoms with Crippen molar-refractivity contribution in [3.05, 3.63) is 52.5 Å². The van der Waals surface area contributed by atoms with Crippen LogP contribution in [0.2, 0.25) is 5.02 Å². The molecule has 2 rings (SSSR count). The van der Waals surface area contributed by atoms with E-state index in [0.29, 0.717) is 11.4 Å². The lowest BCUT2D eigenvalue weighted by molar-refractivity contribution is 0.102. The van der Waals surface area contributed by atoms with Crippen LogP contribution in [0, 0.1) is 6.92 Å². The molecule has 0 fully saturated rings. The zero-order valence-corrected chi connectivity index (χ0v) is 14.3. The second-order valence-corrected chi connectivity index (χ2v) is 5.90. The molecule has 0 aliphatic heterocycles. The number of hydrogen-bond donors (Lipinski definition) is 3. The summed E-state index contributed by atoms with van der Waals surface area (Å²) in [6.07, 6.45) is 0. The normalized spacial score (nSPS) is 10.2. The molecule has 0 aliphatic carbocycles. The van der Waals surface area contributed by atoms with E-state index >= 15 is 0 Å². The van der Waals surface area contributed by atoms with E-state index in [9.17, 15) is 14.7 Å². The van der Waals surface area contributed by atoms with Gasteiger partial charge in [-0.05, 0) is 42.8 Å². The summed E-state index contributed by atoms with van der Waals surface area (Å²) < 4.78 is 0. The minimum Gasteiger partial charge on any atom is -0.506 e. The third-order valence-electron chi connectivity index (χ3n) is 3.27. The lowest BCUT2D eigenvalue weighted by Crippen LogP contribution is -2.27. The fourth-order valence-corrected chi connectivity index (χ4v) is 2.22. The van der Waals surface area contributed by atoms with E-state index in [2.05, 4.69) is 10.6 Å². The number of rotatable bonds is 3. The fourth-order valence-electron chi connectivity index (χ4n) is 1.95. The summed E-state index contributed by atoms with van der Waals surface area (Å²) >= 11 is 6.14. The van der Waals surface area contributed by atoms with E-state index in [1.165, 1.54) is 23.1 Å². The Morgan fingerprint density at radius 3 is 2.42 bits per heavy atom. The SMILES string of the molecule is Cc1ccc(O)c(NC(=O)c2ccc(NC(=O)N(C)C)cc2Cl)c1. The van der Waals surface area contributed by atoms with Crippen LogP contribution >= 0.6 is 11.6 Å². The van der Waals surface area contributed by atoms with Gasteiger partial charge in [-0.3, -0.25) is 4.79 Å². The number of hydrogen-bond acceptors (Lipinski definition) is 3. The molecule has 126 valence electrons. The number of anilines is 2. The van der Waals surface area contributed by atoms with E-state index in [0.717, 1.165) is 5.56 Å². The molecule has 3 amide bonds. The predicted octanol–water partition coefficient (Wildman–Crippen LogP) is 3.70. The van der Waals surface area contributed by atoms with E-state index in [1.807, 2.05) is 6.92 Å². The number of aromatic hydroxyl groups is 1. The van der Waals surface area contributed by atoms with Gasteiger partial charge >= 0.3 is 6.03 Å². The largest absolute Gasteiger partial charge is 0.506 e. The Morgan fingerprint density at radius 2 is 1.79 bits per heavy atom. The minimum atomic E-state index is -0.452. The molecule has 3 N–H and O–H groups in total. The lowest BCUT2D eigenvalue weighted by atomic mass is 10.1. The van der Waals surface area contributed by atoms with Crippen molar-refractivity contribution in [2.24, 2.45) is 0 Å². The maximum Gasteiger partial charge on any atom is 0.321 e. The number of aryl methyl sites for hydroxylation is 1. The Labute approximate surface area is 145 Å². The number of phenolic OH excluding ortho intramolecular Hbond substituents is 1. The number of phenols is 1. The number of urea groups is 1. The Kier molecular flexibility index (Phi) is 5.31. The molecule has 0 bridgehead atoms. The third-order valence-corrected chi connectivity index (χ3v) is 3.58. The van der Waals surface area contributed by atoms with Gasteiger partial charge in [-0.2, -0.15) is 0 Å². The molecule has 0 atom stereocenters. The number of halogens is 1. The van der Waals surface area contributed by atoms with Gasteiger partial charge in [0.15, 0.2) is 0 Å². The summed E-state index contributed by atoms with van der Waals surface area (Å²) in [7, 11) is 3.24. The van der Waals surface area contributed by atoms with Crippen molar-refractivity contribution in [3.63, 3.8) is 0 Å². The first-order valence-electron chi connectivity index (χ1n) is 7.16. The highest BCUT2D eigenvalue weighted by molar-refractivity contribution is 6.34. The van der Waals surface area contributed by atoms with Crippen molar-refractivity contribution in [2.75, 3.05) is 24.7 Å². The molecule has 0 spiro atoms. The van der Waals surface area contributed by atoms with Crippen molar-refractivity contribution in [1.82, 2.24) is 4.90 Å². The molecule has 0 heterocycles. The first kappa shape index (κ1) is 17.6. The molecule has 0 unspecified atom stereocenters. The van der Waals surface area contributed by atoms with E-state index in [1.54, 1.807) is 32.3 Å². The Balaban J connectivity index is 2.18. The Bertz CT molecular complexity index is 791. The number of benzene rings is 2. The molecule has 7 heteroatoms. The van der Waals surface area contributed by atoms with E-state index in [-0.39, 0.29) is 22.4 Å². The van der Waals surface area contributed by atoms with Crippen LogP contribution in [-0.4, -0.2) is 36.0 Å². The number of amides is 3. The van der Waals surface area contributed by atoms with Gasteiger partial charge in [-0.15, -0.1) is 0 Å². The van der Waals surface area contributed by atoms with E-state index < -0.39 is 5.91 Å². The van der Waals surface area contributed by atoms with Crippen LogP contribution < -0.4 is 10.6 Å². The van der Waals surface area contributed by atoms with Crippen LogP contribution in [0.5, 0.6) is 5.75 Å². The molecular formula is C17H18ClN3O3. The molecule has 24 heavy (non-hydrogen) atoms. The molecule has 6 nitrogen and oxygen atoms in total. The zero-order chi connectivity index (χ0) is 17.9. The van der Waals surface area contributed by atoms with Crippen molar-refractivity contribution >= 4 is 34.9 Å². The number of nitrogens with one attached hydrogen (secondary N) is 2. The van der Waals surface area contributed by atoms with Gasteiger partial charge in [0, 0.05) is 19.8 Å². The highest BCUT2D eigenvalue weighted by Crippen LogP contribution is 2.26. The Hall–Kier alpha value is -2.73. The second-order valence-electron chi connectivity index (χ2n) is 5.49. The standard InChI is InChI=1S/C17H18ClN3O3/c1-10-4-7-15(22)14(8-10)20-16(23)12-6-5-11(9-13(12)18)19-17(24)21(2)3/h4-9,22H,1-3H3,(H,19,24)(H,20,23). The summed E-state index contributed by atoms with van der Waals surface area (Å²) in [4.78, 5) is 25.3. The smallest absolute Gasteiger partial charge is 0.321 e. The minimum absolute atomic E-state index is 0.0278. The average molecular weight is 348 g/mol. The molecule has 2 aromatic rings. The highest BCUT2D eigenvalue weighted by Gasteiger charge is 2.14. The van der Waals surface area contributed by atoms with Gasteiger partial charge in [0.25, 0.3) is 5.91 Å². The van der Waals surface area contributed by atoms with Gasteiger partial charge in [0.1, 0.15) is 5.75 Å². The molecule has 2 aromatic carbocycles. The first-order chi connectivity index (χ1) is 11.3. The van der Waals surface area contributed by atoms with Crippen LogP contribution in [0.1, 0.15) is 15.9 Å². The first-order valence-corrected chi connectivity index (χ1v) is 7.54. The summed E-state index contributed by atoms with van der Waals surface area (Å²) in [5.41, 5.74) is 1.92. The monoisotopic (exact) mass is 347 g/mol. The van der Waals surface area contributed by atoms with Crippen molar-refractivity contribution in [2.45, 2.75) is 6.92 Å². The molecular weight excluding hydrogens is 330 g/mol. The second kappa shape index (κ2) is 7.23.